The third-order valence-corrected chi connectivity index (χ3v) is 4.83. The van der Waals surface area contributed by atoms with E-state index in [1.54, 1.807) is 29.7 Å². The first-order valence-electron chi connectivity index (χ1n) is 9.55. The Hall–Kier alpha value is -3.10. The lowest BCUT2D eigenvalue weighted by Gasteiger charge is -2.31. The molecule has 3 rings (SSSR count). The highest BCUT2D eigenvalue weighted by molar-refractivity contribution is 5.94. The minimum atomic E-state index is -0.590. The van der Waals surface area contributed by atoms with Crippen molar-refractivity contribution in [2.24, 2.45) is 0 Å². The van der Waals surface area contributed by atoms with Crippen LogP contribution in [0.25, 0.3) is 0 Å². The maximum atomic E-state index is 12.3. The number of aliphatic hydroxyl groups is 1. The van der Waals surface area contributed by atoms with Crippen molar-refractivity contribution in [3.8, 4) is 5.75 Å². The third kappa shape index (κ3) is 5.69. The maximum absolute atomic E-state index is 12.3. The molecule has 0 saturated carbocycles. The first-order chi connectivity index (χ1) is 14.1. The van der Waals surface area contributed by atoms with Crippen molar-refractivity contribution < 1.29 is 24.6 Å². The number of nitrogens with one attached hydrogen (secondary N) is 2. The summed E-state index contributed by atoms with van der Waals surface area (Å²) in [7, 11) is 0. The molecule has 0 radical (unpaired) electrons. The highest BCUT2D eigenvalue weighted by atomic mass is 16.5. The summed E-state index contributed by atoms with van der Waals surface area (Å²) in [5.74, 6) is -0.207. The summed E-state index contributed by atoms with van der Waals surface area (Å²) in [6.07, 6.45) is 1.32. The highest BCUT2D eigenvalue weighted by Gasteiger charge is 2.17. The Kier molecular flexibility index (Phi) is 7.04. The smallest absolute Gasteiger partial charge is 0.274 e. The Morgan fingerprint density at radius 2 is 1.55 bits per heavy atom. The predicted octanol–water partition coefficient (Wildman–Crippen LogP) is 1.58. The number of hydrogen-bond donors (Lipinski definition) is 4. The zero-order valence-electron chi connectivity index (χ0n) is 16.0. The number of benzene rings is 2. The molecule has 1 saturated heterocycles. The van der Waals surface area contributed by atoms with Gasteiger partial charge in [-0.1, -0.05) is 0 Å². The van der Waals surface area contributed by atoms with Crippen LogP contribution in [0.1, 0.15) is 33.6 Å². The number of nitrogens with zero attached hydrogens (tertiary/aromatic N) is 1. The van der Waals surface area contributed by atoms with Crippen LogP contribution < -0.4 is 20.4 Å². The van der Waals surface area contributed by atoms with Gasteiger partial charge in [-0.15, -0.1) is 0 Å². The highest BCUT2D eigenvalue weighted by Crippen LogP contribution is 2.20. The van der Waals surface area contributed by atoms with Gasteiger partial charge in [0, 0.05) is 29.9 Å². The van der Waals surface area contributed by atoms with E-state index in [-0.39, 0.29) is 18.6 Å². The number of carbonyl (C=O) groups is 2. The normalized spacial score (nSPS) is 14.3. The van der Waals surface area contributed by atoms with Crippen molar-refractivity contribution in [1.29, 1.82) is 0 Å². The summed E-state index contributed by atoms with van der Waals surface area (Å²) in [5.41, 5.74) is 3.51. The molecule has 0 unspecified atom stereocenters. The number of aliphatic hydroxyl groups excluding tert-OH is 1. The molecule has 154 valence electrons. The number of hydroxylamine groups is 1. The number of rotatable bonds is 7. The Balaban J connectivity index is 1.42. The van der Waals surface area contributed by atoms with Crippen LogP contribution in [-0.4, -0.2) is 54.5 Å². The molecule has 4 N–H and O–H groups in total. The summed E-state index contributed by atoms with van der Waals surface area (Å²) in [4.78, 5) is 25.7. The van der Waals surface area contributed by atoms with Gasteiger partial charge in [-0.05, 0) is 61.4 Å². The second kappa shape index (κ2) is 9.90. The van der Waals surface area contributed by atoms with Crippen LogP contribution in [-0.2, 0) is 0 Å². The second-order valence-electron chi connectivity index (χ2n) is 6.83. The van der Waals surface area contributed by atoms with Gasteiger partial charge in [0.2, 0.25) is 0 Å². The van der Waals surface area contributed by atoms with Gasteiger partial charge in [0.25, 0.3) is 11.8 Å². The van der Waals surface area contributed by atoms with Gasteiger partial charge in [-0.2, -0.15) is 0 Å². The van der Waals surface area contributed by atoms with Crippen molar-refractivity contribution in [1.82, 2.24) is 10.8 Å². The zero-order valence-corrected chi connectivity index (χ0v) is 16.0. The van der Waals surface area contributed by atoms with Crippen molar-refractivity contribution in [2.45, 2.75) is 18.9 Å². The van der Waals surface area contributed by atoms with Crippen molar-refractivity contribution >= 4 is 17.5 Å². The van der Waals surface area contributed by atoms with Gasteiger partial charge < -0.3 is 20.1 Å². The molecule has 1 heterocycles. The fraction of sp³-hybridized carbons (Fsp3) is 0.333. The van der Waals surface area contributed by atoms with E-state index in [1.165, 1.54) is 12.1 Å². The molecule has 2 aromatic carbocycles. The van der Waals surface area contributed by atoms with E-state index >= 15 is 0 Å². The molecule has 2 aromatic rings. The van der Waals surface area contributed by atoms with Gasteiger partial charge in [-0.25, -0.2) is 5.48 Å². The molecule has 0 atom stereocenters. The second-order valence-corrected chi connectivity index (χ2v) is 6.83. The topological polar surface area (TPSA) is 111 Å². The summed E-state index contributed by atoms with van der Waals surface area (Å²) in [6.45, 7) is 2.25. The van der Waals surface area contributed by atoms with Crippen molar-refractivity contribution in [3.63, 3.8) is 0 Å². The molecule has 8 heteroatoms. The quantitative estimate of drug-likeness (QED) is 0.320. The lowest BCUT2D eigenvalue weighted by Crippen LogP contribution is -2.35. The fourth-order valence-electron chi connectivity index (χ4n) is 3.15. The number of hydrogen-bond acceptors (Lipinski definition) is 6. The van der Waals surface area contributed by atoms with Gasteiger partial charge in [-0.3, -0.25) is 14.8 Å². The molecule has 0 spiro atoms. The molecule has 1 aliphatic heterocycles. The van der Waals surface area contributed by atoms with Crippen LogP contribution in [0.5, 0.6) is 5.75 Å². The summed E-state index contributed by atoms with van der Waals surface area (Å²) < 4.78 is 5.53. The zero-order chi connectivity index (χ0) is 20.6. The molecular formula is C21H25N3O5. The van der Waals surface area contributed by atoms with Crippen LogP contribution in [0.15, 0.2) is 48.5 Å². The van der Waals surface area contributed by atoms with E-state index < -0.39 is 5.91 Å². The van der Waals surface area contributed by atoms with Crippen molar-refractivity contribution in [2.75, 3.05) is 31.1 Å². The number of ether oxygens (including phenoxy) is 1. The molecule has 29 heavy (non-hydrogen) atoms. The van der Waals surface area contributed by atoms with E-state index in [0.29, 0.717) is 23.4 Å². The molecule has 1 fully saturated rings. The molecular weight excluding hydrogens is 374 g/mol. The number of carbonyl (C=O) groups excluding carboxylic acids is 2. The van der Waals surface area contributed by atoms with Crippen LogP contribution in [0.3, 0.4) is 0 Å². The summed E-state index contributed by atoms with van der Waals surface area (Å²) in [6, 6.07) is 13.7. The van der Waals surface area contributed by atoms with E-state index in [1.807, 2.05) is 12.1 Å². The Morgan fingerprint density at radius 3 is 2.17 bits per heavy atom. The summed E-state index contributed by atoms with van der Waals surface area (Å²) in [5, 5.41) is 21.0. The molecule has 0 aliphatic carbocycles. The van der Waals surface area contributed by atoms with Crippen LogP contribution >= 0.6 is 0 Å². The molecule has 0 bridgehead atoms. The van der Waals surface area contributed by atoms with Gasteiger partial charge in [0.15, 0.2) is 0 Å². The van der Waals surface area contributed by atoms with E-state index in [9.17, 15) is 14.7 Å². The largest absolute Gasteiger partial charge is 0.492 e. The van der Waals surface area contributed by atoms with E-state index in [4.69, 9.17) is 9.94 Å². The van der Waals surface area contributed by atoms with Crippen LogP contribution in [0.4, 0.5) is 5.69 Å². The standard InChI is InChI=1S/C21H25N3O5/c25-18-9-12-24(13-10-18)17-5-1-15(2-6-17)20(26)22-11-14-29-19-7-3-16(4-8-19)21(27)23-28/h1-8,18,25,28H,9-14H2,(H,22,26)(H,23,27). The maximum Gasteiger partial charge on any atom is 0.274 e. The van der Waals surface area contributed by atoms with Crippen molar-refractivity contribution in [3.05, 3.63) is 59.7 Å². The Bertz CT molecular complexity index is 815. The van der Waals surface area contributed by atoms with Gasteiger partial charge in [0.1, 0.15) is 12.4 Å². The van der Waals surface area contributed by atoms with Gasteiger partial charge >= 0.3 is 0 Å². The monoisotopic (exact) mass is 399 g/mol. The average Bonchev–Trinajstić information content (AvgIpc) is 2.77. The number of anilines is 1. The summed E-state index contributed by atoms with van der Waals surface area (Å²) >= 11 is 0. The molecule has 8 nitrogen and oxygen atoms in total. The van der Waals surface area contributed by atoms with Gasteiger partial charge in [0.05, 0.1) is 12.6 Å². The number of piperidine rings is 1. The Morgan fingerprint density at radius 1 is 0.966 bits per heavy atom. The Labute approximate surface area is 169 Å². The SMILES string of the molecule is O=C(NO)c1ccc(OCCNC(=O)c2ccc(N3CCC(O)CC3)cc2)cc1. The van der Waals surface area contributed by atoms with E-state index in [0.717, 1.165) is 31.6 Å². The number of amides is 2. The molecule has 2 amide bonds. The lowest BCUT2D eigenvalue weighted by atomic mass is 10.1. The fourth-order valence-corrected chi connectivity index (χ4v) is 3.15. The minimum Gasteiger partial charge on any atom is -0.492 e. The first kappa shape index (κ1) is 20.6. The first-order valence-corrected chi connectivity index (χ1v) is 9.55. The minimum absolute atomic E-state index is 0.177. The van der Waals surface area contributed by atoms with Crippen LogP contribution in [0.2, 0.25) is 0 Å². The molecule has 0 aromatic heterocycles. The van der Waals surface area contributed by atoms with E-state index in [2.05, 4.69) is 10.2 Å². The van der Waals surface area contributed by atoms with Crippen LogP contribution in [0, 0.1) is 0 Å². The molecule has 1 aliphatic rings. The lowest BCUT2D eigenvalue weighted by molar-refractivity contribution is 0.0706. The third-order valence-electron chi connectivity index (χ3n) is 4.83. The predicted molar refractivity (Wildman–Crippen MR) is 107 cm³/mol. The average molecular weight is 399 g/mol.